The van der Waals surface area contributed by atoms with E-state index in [1.54, 1.807) is 0 Å². The van der Waals surface area contributed by atoms with E-state index in [0.717, 1.165) is 26.2 Å². The summed E-state index contributed by atoms with van der Waals surface area (Å²) in [6.07, 6.45) is 1.98. The van der Waals surface area contributed by atoms with Gasteiger partial charge in [-0.25, -0.2) is 0 Å². The predicted molar refractivity (Wildman–Crippen MR) is 91.9 cm³/mol. The van der Waals surface area contributed by atoms with Gasteiger partial charge in [-0.3, -0.25) is 9.69 Å². The van der Waals surface area contributed by atoms with Crippen molar-refractivity contribution < 1.29 is 22.7 Å². The molecule has 1 amide bonds. The maximum atomic E-state index is 12.5. The molecule has 1 aromatic rings. The first-order chi connectivity index (χ1) is 12.4. The van der Waals surface area contributed by atoms with Crippen LogP contribution >= 0.6 is 0 Å². The molecule has 1 saturated carbocycles. The van der Waals surface area contributed by atoms with Crippen molar-refractivity contribution >= 4 is 5.91 Å². The Morgan fingerprint density at radius 2 is 1.62 bits per heavy atom. The summed E-state index contributed by atoms with van der Waals surface area (Å²) in [7, 11) is 0. The lowest BCUT2D eigenvalue weighted by molar-refractivity contribution is -0.274. The van der Waals surface area contributed by atoms with Crippen LogP contribution in [0, 0.1) is 0 Å². The van der Waals surface area contributed by atoms with Gasteiger partial charge in [-0.1, -0.05) is 31.4 Å². The van der Waals surface area contributed by atoms with Crippen LogP contribution in [0.4, 0.5) is 13.2 Å². The molecule has 0 N–H and O–H groups in total. The number of benzene rings is 1. The number of nitrogens with zero attached hydrogens (tertiary/aromatic N) is 2. The molecule has 1 aliphatic heterocycles. The first-order valence-corrected chi connectivity index (χ1v) is 9.27. The van der Waals surface area contributed by atoms with Crippen molar-refractivity contribution in [1.29, 1.82) is 0 Å². The van der Waals surface area contributed by atoms with E-state index >= 15 is 0 Å². The quantitative estimate of drug-likeness (QED) is 0.812. The molecule has 4 nitrogen and oxygen atoms in total. The highest BCUT2D eigenvalue weighted by molar-refractivity contribution is 5.79. The molecular weight excluding hydrogens is 345 g/mol. The topological polar surface area (TPSA) is 32.8 Å². The van der Waals surface area contributed by atoms with Crippen LogP contribution in [0.1, 0.15) is 37.7 Å². The van der Waals surface area contributed by atoms with Gasteiger partial charge in [0.2, 0.25) is 5.91 Å². The predicted octanol–water partition coefficient (Wildman–Crippen LogP) is 3.60. The first kappa shape index (κ1) is 19.0. The van der Waals surface area contributed by atoms with Gasteiger partial charge in [-0.2, -0.15) is 0 Å². The van der Waals surface area contributed by atoms with Crippen LogP contribution in [0.2, 0.25) is 0 Å². The maximum Gasteiger partial charge on any atom is 0.573 e. The summed E-state index contributed by atoms with van der Waals surface area (Å²) < 4.78 is 40.4. The molecule has 0 radical (unpaired) electrons. The Balaban J connectivity index is 1.46. The molecule has 144 valence electrons. The second-order valence-electron chi connectivity index (χ2n) is 7.08. The lowest BCUT2D eigenvalue weighted by atomic mass is 9.94. The number of hydrogen-bond acceptors (Lipinski definition) is 3. The second-order valence-corrected chi connectivity index (χ2v) is 7.08. The van der Waals surface area contributed by atoms with Gasteiger partial charge in [0.1, 0.15) is 5.75 Å². The molecule has 0 atom stereocenters. The monoisotopic (exact) mass is 370 g/mol. The average molecular weight is 370 g/mol. The molecule has 0 spiro atoms. The van der Waals surface area contributed by atoms with Gasteiger partial charge in [0.05, 0.1) is 6.42 Å². The average Bonchev–Trinajstić information content (AvgIpc) is 2.63. The molecule has 0 aromatic heterocycles. The summed E-state index contributed by atoms with van der Waals surface area (Å²) in [5.74, 6) is -0.243. The van der Waals surface area contributed by atoms with Gasteiger partial charge < -0.3 is 9.64 Å². The first-order valence-electron chi connectivity index (χ1n) is 9.27. The molecule has 1 saturated heterocycles. The molecule has 0 bridgehead atoms. The number of carbonyl (C=O) groups is 1. The van der Waals surface area contributed by atoms with E-state index in [1.807, 2.05) is 4.90 Å². The van der Waals surface area contributed by atoms with Crippen molar-refractivity contribution in [2.45, 2.75) is 50.9 Å². The van der Waals surface area contributed by atoms with Crippen LogP contribution in [0.5, 0.6) is 5.75 Å². The van der Waals surface area contributed by atoms with Crippen molar-refractivity contribution in [3.8, 4) is 5.75 Å². The third-order valence-electron chi connectivity index (χ3n) is 5.27. The van der Waals surface area contributed by atoms with Crippen LogP contribution in [0.25, 0.3) is 0 Å². The van der Waals surface area contributed by atoms with Crippen LogP contribution in [0.3, 0.4) is 0 Å². The normalized spacial score (nSPS) is 20.2. The molecule has 2 fully saturated rings. The maximum absolute atomic E-state index is 12.5. The van der Waals surface area contributed by atoms with E-state index in [4.69, 9.17) is 0 Å². The molecule has 7 heteroatoms. The van der Waals surface area contributed by atoms with Gasteiger partial charge in [0, 0.05) is 32.2 Å². The Bertz CT molecular complexity index is 590. The Labute approximate surface area is 151 Å². The molecule has 1 aromatic carbocycles. The summed E-state index contributed by atoms with van der Waals surface area (Å²) in [6.45, 7) is 3.28. The zero-order valence-corrected chi connectivity index (χ0v) is 14.8. The number of hydrogen-bond donors (Lipinski definition) is 0. The van der Waals surface area contributed by atoms with Gasteiger partial charge >= 0.3 is 6.36 Å². The summed E-state index contributed by atoms with van der Waals surface area (Å²) in [5.41, 5.74) is 0.694. The number of ether oxygens (including phenoxy) is 1. The van der Waals surface area contributed by atoms with Crippen LogP contribution < -0.4 is 4.74 Å². The van der Waals surface area contributed by atoms with Crippen LogP contribution in [-0.2, 0) is 11.2 Å². The van der Waals surface area contributed by atoms with E-state index in [0.29, 0.717) is 11.6 Å². The number of carbonyl (C=O) groups excluding carboxylic acids is 1. The smallest absolute Gasteiger partial charge is 0.406 e. The molecule has 1 heterocycles. The van der Waals surface area contributed by atoms with Crippen molar-refractivity contribution in [3.05, 3.63) is 29.8 Å². The lowest BCUT2D eigenvalue weighted by Crippen LogP contribution is -2.52. The Morgan fingerprint density at radius 3 is 2.19 bits per heavy atom. The standard InChI is InChI=1S/C19H25F3N2O2/c20-19(21,22)26-17-8-6-15(7-9-17)14-18(25)24-12-10-23(11-13-24)16-4-2-1-3-5-16/h6-9,16H,1-5,10-14H2. The fourth-order valence-electron chi connectivity index (χ4n) is 3.88. The van der Waals surface area contributed by atoms with Gasteiger partial charge in [-0.05, 0) is 30.5 Å². The highest BCUT2D eigenvalue weighted by Gasteiger charge is 2.31. The van der Waals surface area contributed by atoms with Crippen LogP contribution in [-0.4, -0.2) is 54.3 Å². The molecule has 26 heavy (non-hydrogen) atoms. The molecule has 1 aliphatic carbocycles. The van der Waals surface area contributed by atoms with Crippen molar-refractivity contribution in [1.82, 2.24) is 9.80 Å². The Kier molecular flexibility index (Phi) is 6.06. The zero-order valence-electron chi connectivity index (χ0n) is 14.8. The molecule has 2 aliphatic rings. The summed E-state index contributed by atoms with van der Waals surface area (Å²) in [5, 5.41) is 0. The van der Waals surface area contributed by atoms with Gasteiger partial charge in [-0.15, -0.1) is 13.2 Å². The minimum Gasteiger partial charge on any atom is -0.406 e. The minimum absolute atomic E-state index is 0.0257. The SMILES string of the molecule is O=C(Cc1ccc(OC(F)(F)F)cc1)N1CCN(C2CCCCC2)CC1. The van der Waals surface area contributed by atoms with E-state index in [9.17, 15) is 18.0 Å². The van der Waals surface area contributed by atoms with Crippen molar-refractivity contribution in [2.75, 3.05) is 26.2 Å². The Morgan fingerprint density at radius 1 is 1.00 bits per heavy atom. The largest absolute Gasteiger partial charge is 0.573 e. The lowest BCUT2D eigenvalue weighted by Gasteiger charge is -2.40. The number of rotatable bonds is 4. The van der Waals surface area contributed by atoms with Crippen LogP contribution in [0.15, 0.2) is 24.3 Å². The number of halogens is 3. The molecule has 0 unspecified atom stereocenters. The third kappa shape index (κ3) is 5.37. The van der Waals surface area contributed by atoms with Gasteiger partial charge in [0.15, 0.2) is 0 Å². The van der Waals surface area contributed by atoms with Crippen molar-refractivity contribution in [3.63, 3.8) is 0 Å². The number of amides is 1. The summed E-state index contributed by atoms with van der Waals surface area (Å²) >= 11 is 0. The second kappa shape index (κ2) is 8.29. The van der Waals surface area contributed by atoms with Crippen molar-refractivity contribution in [2.24, 2.45) is 0 Å². The molecular formula is C19H25F3N2O2. The number of piperazine rings is 1. The van der Waals surface area contributed by atoms with E-state index in [2.05, 4.69) is 9.64 Å². The fourth-order valence-corrected chi connectivity index (χ4v) is 3.88. The highest BCUT2D eigenvalue weighted by Crippen LogP contribution is 2.24. The highest BCUT2D eigenvalue weighted by atomic mass is 19.4. The number of alkyl halides is 3. The summed E-state index contributed by atoms with van der Waals surface area (Å²) in [6, 6.07) is 6.19. The van der Waals surface area contributed by atoms with E-state index in [-0.39, 0.29) is 18.1 Å². The molecule has 3 rings (SSSR count). The van der Waals surface area contributed by atoms with E-state index < -0.39 is 6.36 Å². The van der Waals surface area contributed by atoms with E-state index in [1.165, 1.54) is 56.4 Å². The third-order valence-corrected chi connectivity index (χ3v) is 5.27. The van der Waals surface area contributed by atoms with Gasteiger partial charge in [0.25, 0.3) is 0 Å². The minimum atomic E-state index is -4.70. The summed E-state index contributed by atoms with van der Waals surface area (Å²) in [4.78, 5) is 16.8. The zero-order chi connectivity index (χ0) is 18.6. The Hall–Kier alpha value is -1.76. The fraction of sp³-hybridized carbons (Fsp3) is 0.632.